The Balaban J connectivity index is 2.63. The smallest absolute Gasteiger partial charge is 0.160 e. The Morgan fingerprint density at radius 2 is 2.38 bits per heavy atom. The molecule has 2 N–H and O–H groups in total. The largest absolute Gasteiger partial charge is 0.341 e. The highest BCUT2D eigenvalue weighted by Crippen LogP contribution is 2.07. The lowest BCUT2D eigenvalue weighted by Gasteiger charge is -1.97. The zero-order valence-electron chi connectivity index (χ0n) is 7.29. The third kappa shape index (κ3) is 1.47. The lowest BCUT2D eigenvalue weighted by Crippen LogP contribution is -1.95. The Hall–Kier alpha value is -1.23. The number of aromatic amines is 2. The van der Waals surface area contributed by atoms with Crippen LogP contribution in [0.2, 0.25) is 0 Å². The van der Waals surface area contributed by atoms with Crippen LogP contribution >= 0.6 is 12.2 Å². The summed E-state index contributed by atoms with van der Waals surface area (Å²) in [6, 6.07) is 0. The maximum absolute atomic E-state index is 5.11. The predicted molar refractivity (Wildman–Crippen MR) is 53.1 cm³/mol. The molecule has 2 rings (SSSR count). The zero-order valence-corrected chi connectivity index (χ0v) is 8.11. The number of hydrogen-bond acceptors (Lipinski definition) is 3. The summed E-state index contributed by atoms with van der Waals surface area (Å²) >= 11 is 5.11. The molecule has 13 heavy (non-hydrogen) atoms. The van der Waals surface area contributed by atoms with Crippen molar-refractivity contribution >= 4 is 23.4 Å². The van der Waals surface area contributed by atoms with Gasteiger partial charge < -0.3 is 9.97 Å². The lowest BCUT2D eigenvalue weighted by atomic mass is 10.3. The van der Waals surface area contributed by atoms with Crippen molar-refractivity contribution in [3.63, 3.8) is 0 Å². The topological polar surface area (TPSA) is 57.4 Å². The van der Waals surface area contributed by atoms with E-state index in [9.17, 15) is 0 Å². The van der Waals surface area contributed by atoms with Crippen molar-refractivity contribution < 1.29 is 0 Å². The second kappa shape index (κ2) is 3.26. The number of fused-ring (bicyclic) bond motifs is 1. The van der Waals surface area contributed by atoms with Crippen LogP contribution in [0.5, 0.6) is 0 Å². The molecule has 0 saturated heterocycles. The van der Waals surface area contributed by atoms with E-state index in [1.165, 1.54) is 0 Å². The van der Waals surface area contributed by atoms with Gasteiger partial charge >= 0.3 is 0 Å². The average Bonchev–Trinajstić information content (AvgIpc) is 2.53. The minimum Gasteiger partial charge on any atom is -0.341 e. The quantitative estimate of drug-likeness (QED) is 0.718. The summed E-state index contributed by atoms with van der Waals surface area (Å²) in [5.41, 5.74) is 1.61. The SMILES string of the molecule is CCCc1nc(=S)c2[nH]cnc2[nH]1. The minimum absolute atomic E-state index is 0.592. The Morgan fingerprint density at radius 1 is 1.54 bits per heavy atom. The first-order valence-corrected chi connectivity index (χ1v) is 4.64. The summed E-state index contributed by atoms with van der Waals surface area (Å²) in [5.74, 6) is 0.909. The van der Waals surface area contributed by atoms with Crippen molar-refractivity contribution in [1.29, 1.82) is 0 Å². The van der Waals surface area contributed by atoms with Crippen LogP contribution in [0.4, 0.5) is 0 Å². The van der Waals surface area contributed by atoms with E-state index in [-0.39, 0.29) is 0 Å². The molecular formula is C8H10N4S. The van der Waals surface area contributed by atoms with Gasteiger partial charge in [0, 0.05) is 6.42 Å². The van der Waals surface area contributed by atoms with E-state index in [4.69, 9.17) is 12.2 Å². The van der Waals surface area contributed by atoms with Gasteiger partial charge in [0.1, 0.15) is 11.3 Å². The molecule has 0 spiro atoms. The van der Waals surface area contributed by atoms with Crippen LogP contribution in [0.25, 0.3) is 11.2 Å². The van der Waals surface area contributed by atoms with Crippen molar-refractivity contribution in [2.24, 2.45) is 0 Å². The van der Waals surface area contributed by atoms with Crippen molar-refractivity contribution in [1.82, 2.24) is 19.9 Å². The molecule has 0 bridgehead atoms. The predicted octanol–water partition coefficient (Wildman–Crippen LogP) is 1.97. The van der Waals surface area contributed by atoms with E-state index in [0.29, 0.717) is 4.64 Å². The van der Waals surface area contributed by atoms with E-state index < -0.39 is 0 Å². The van der Waals surface area contributed by atoms with Gasteiger partial charge in [0.25, 0.3) is 0 Å². The van der Waals surface area contributed by atoms with Crippen molar-refractivity contribution in [3.8, 4) is 0 Å². The van der Waals surface area contributed by atoms with E-state index in [0.717, 1.165) is 29.8 Å². The fourth-order valence-corrected chi connectivity index (χ4v) is 1.52. The molecule has 0 aliphatic rings. The maximum atomic E-state index is 5.11. The molecule has 68 valence electrons. The Bertz CT molecular complexity index is 470. The summed E-state index contributed by atoms with van der Waals surface area (Å²) < 4.78 is 0.592. The highest BCUT2D eigenvalue weighted by molar-refractivity contribution is 7.71. The molecule has 0 aliphatic carbocycles. The fraction of sp³-hybridized carbons (Fsp3) is 0.375. The van der Waals surface area contributed by atoms with E-state index in [1.807, 2.05) is 0 Å². The molecule has 0 amide bonds. The monoisotopic (exact) mass is 194 g/mol. The van der Waals surface area contributed by atoms with Crippen molar-refractivity contribution in [2.45, 2.75) is 19.8 Å². The molecule has 2 aromatic heterocycles. The Morgan fingerprint density at radius 3 is 3.15 bits per heavy atom. The standard InChI is InChI=1S/C8H10N4S/c1-2-3-5-11-7-6(8(13)12-5)9-4-10-7/h4H,2-3H2,1H3,(H2,9,10,11,12,13). The van der Waals surface area contributed by atoms with Crippen LogP contribution < -0.4 is 0 Å². The number of rotatable bonds is 2. The van der Waals surface area contributed by atoms with Gasteiger partial charge in [-0.3, -0.25) is 0 Å². The number of nitrogens with zero attached hydrogens (tertiary/aromatic N) is 2. The highest BCUT2D eigenvalue weighted by Gasteiger charge is 2.01. The van der Waals surface area contributed by atoms with E-state index in [1.54, 1.807) is 6.33 Å². The molecule has 2 aromatic rings. The van der Waals surface area contributed by atoms with Gasteiger partial charge in [-0.1, -0.05) is 19.1 Å². The second-order valence-corrected chi connectivity index (χ2v) is 3.25. The normalized spacial score (nSPS) is 10.8. The van der Waals surface area contributed by atoms with Gasteiger partial charge in [0.05, 0.1) is 6.33 Å². The van der Waals surface area contributed by atoms with Gasteiger partial charge in [-0.25, -0.2) is 9.97 Å². The molecule has 5 heteroatoms. The third-order valence-electron chi connectivity index (χ3n) is 1.84. The molecule has 0 aromatic carbocycles. The average molecular weight is 194 g/mol. The molecule has 2 heterocycles. The van der Waals surface area contributed by atoms with Crippen LogP contribution in [0.15, 0.2) is 6.33 Å². The fourth-order valence-electron chi connectivity index (χ4n) is 1.25. The molecule has 0 saturated carbocycles. The van der Waals surface area contributed by atoms with Crippen LogP contribution in [0.1, 0.15) is 19.2 Å². The van der Waals surface area contributed by atoms with Crippen molar-refractivity contribution in [2.75, 3.05) is 0 Å². The third-order valence-corrected chi connectivity index (χ3v) is 2.13. The van der Waals surface area contributed by atoms with Crippen LogP contribution in [0.3, 0.4) is 0 Å². The summed E-state index contributed by atoms with van der Waals surface area (Å²) in [6.45, 7) is 2.10. The molecule has 0 unspecified atom stereocenters. The summed E-state index contributed by atoms with van der Waals surface area (Å²) in [6.07, 6.45) is 3.58. The molecule has 0 atom stereocenters. The molecule has 4 nitrogen and oxygen atoms in total. The van der Waals surface area contributed by atoms with Crippen molar-refractivity contribution in [3.05, 3.63) is 16.8 Å². The van der Waals surface area contributed by atoms with Gasteiger partial charge in [-0.15, -0.1) is 0 Å². The number of imidazole rings is 1. The number of nitrogens with one attached hydrogen (secondary N) is 2. The number of hydrogen-bond donors (Lipinski definition) is 2. The summed E-state index contributed by atoms with van der Waals surface area (Å²) in [5, 5.41) is 0. The Labute approximate surface area is 80.4 Å². The number of H-pyrrole nitrogens is 2. The first-order chi connectivity index (χ1) is 6.31. The second-order valence-electron chi connectivity index (χ2n) is 2.86. The van der Waals surface area contributed by atoms with Crippen LogP contribution in [-0.2, 0) is 6.42 Å². The van der Waals surface area contributed by atoms with Crippen LogP contribution in [-0.4, -0.2) is 19.9 Å². The number of aromatic nitrogens is 4. The van der Waals surface area contributed by atoms with E-state index in [2.05, 4.69) is 26.9 Å². The Kier molecular flexibility index (Phi) is 2.10. The molecule has 0 radical (unpaired) electrons. The number of aryl methyl sites for hydroxylation is 1. The summed E-state index contributed by atoms with van der Waals surface area (Å²) in [7, 11) is 0. The maximum Gasteiger partial charge on any atom is 0.160 e. The lowest BCUT2D eigenvalue weighted by molar-refractivity contribution is 0.839. The summed E-state index contributed by atoms with van der Waals surface area (Å²) in [4.78, 5) is 14.4. The van der Waals surface area contributed by atoms with Gasteiger partial charge in [0.2, 0.25) is 0 Å². The van der Waals surface area contributed by atoms with Gasteiger partial charge in [-0.2, -0.15) is 0 Å². The first kappa shape index (κ1) is 8.37. The van der Waals surface area contributed by atoms with Gasteiger partial charge in [-0.05, 0) is 6.42 Å². The van der Waals surface area contributed by atoms with Crippen LogP contribution in [0, 0.1) is 4.64 Å². The molecule has 0 fully saturated rings. The first-order valence-electron chi connectivity index (χ1n) is 4.23. The van der Waals surface area contributed by atoms with E-state index >= 15 is 0 Å². The molecular weight excluding hydrogens is 184 g/mol. The molecule has 0 aliphatic heterocycles. The highest BCUT2D eigenvalue weighted by atomic mass is 32.1. The minimum atomic E-state index is 0.592. The zero-order chi connectivity index (χ0) is 9.26. The van der Waals surface area contributed by atoms with Gasteiger partial charge in [0.15, 0.2) is 10.3 Å².